The minimum Gasteiger partial charge on any atom is -0.331 e. The molecule has 1 aromatic heterocycles. The van der Waals surface area contributed by atoms with Gasteiger partial charge in [-0.1, -0.05) is 43.9 Å². The lowest BCUT2D eigenvalue weighted by molar-refractivity contribution is 0.943. The van der Waals surface area contributed by atoms with Crippen molar-refractivity contribution in [3.05, 3.63) is 64.8 Å². The number of allylic oxidation sites excluding steroid dienone is 2. The van der Waals surface area contributed by atoms with Crippen molar-refractivity contribution in [2.45, 2.75) is 40.0 Å². The van der Waals surface area contributed by atoms with Gasteiger partial charge >= 0.3 is 6.85 Å². The lowest BCUT2D eigenvalue weighted by atomic mass is 9.52. The van der Waals surface area contributed by atoms with Crippen LogP contribution in [0.1, 0.15) is 50.3 Å². The first-order chi connectivity index (χ1) is 12.2. The van der Waals surface area contributed by atoms with Crippen LogP contribution in [0.4, 0.5) is 0 Å². The molecule has 1 aliphatic heterocycles. The van der Waals surface area contributed by atoms with Gasteiger partial charge in [-0.05, 0) is 54.7 Å². The molecule has 2 heterocycles. The second-order valence-corrected chi connectivity index (χ2v) is 6.40. The number of hydrogen-bond acceptors (Lipinski definition) is 3. The molecular formula is C21H22BN3. The lowest BCUT2D eigenvalue weighted by Gasteiger charge is -2.12. The summed E-state index contributed by atoms with van der Waals surface area (Å²) in [6.45, 7) is 6.42. The van der Waals surface area contributed by atoms with Crippen molar-refractivity contribution in [1.29, 1.82) is 5.26 Å². The Kier molecular flexibility index (Phi) is 5.14. The Balaban J connectivity index is 2.05. The average Bonchev–Trinajstić information content (AvgIpc) is 2.98. The Labute approximate surface area is 150 Å². The number of rotatable bonds is 5. The van der Waals surface area contributed by atoms with Crippen molar-refractivity contribution in [2.75, 3.05) is 0 Å². The predicted molar refractivity (Wildman–Crippen MR) is 105 cm³/mol. The van der Waals surface area contributed by atoms with E-state index in [0.29, 0.717) is 5.56 Å². The van der Waals surface area contributed by atoms with Crippen LogP contribution in [0.15, 0.2) is 53.0 Å². The molecule has 1 aliphatic rings. The number of pyridine rings is 1. The van der Waals surface area contributed by atoms with E-state index in [9.17, 15) is 0 Å². The van der Waals surface area contributed by atoms with Crippen LogP contribution in [0.3, 0.4) is 0 Å². The highest BCUT2D eigenvalue weighted by molar-refractivity contribution is 6.83. The Bertz CT molecular complexity index is 856. The highest BCUT2D eigenvalue weighted by Gasteiger charge is 2.32. The molecule has 25 heavy (non-hydrogen) atoms. The fraction of sp³-hybridized carbons (Fsp3) is 0.286. The van der Waals surface area contributed by atoms with E-state index in [0.717, 1.165) is 36.1 Å². The van der Waals surface area contributed by atoms with Crippen LogP contribution in [0, 0.1) is 11.3 Å². The van der Waals surface area contributed by atoms with Gasteiger partial charge in [0.2, 0.25) is 0 Å². The Hall–Kier alpha value is -2.67. The van der Waals surface area contributed by atoms with Gasteiger partial charge in [-0.15, -0.1) is 0 Å². The van der Waals surface area contributed by atoms with E-state index in [1.54, 1.807) is 0 Å². The molecule has 2 aromatic rings. The summed E-state index contributed by atoms with van der Waals surface area (Å²) in [6, 6.07) is 14.2. The zero-order chi connectivity index (χ0) is 17.8. The van der Waals surface area contributed by atoms with Gasteiger partial charge in [-0.25, -0.2) is 0 Å². The van der Waals surface area contributed by atoms with Crippen molar-refractivity contribution in [2.24, 2.45) is 4.90 Å². The minimum atomic E-state index is 0.0106. The SMILES string of the molecule is CCCC1=C(c2ccc(C#N)cc2)C(C)=NB1c1ccc(CC)cn1. The van der Waals surface area contributed by atoms with Crippen molar-refractivity contribution in [3.63, 3.8) is 0 Å². The van der Waals surface area contributed by atoms with E-state index >= 15 is 0 Å². The molecule has 0 saturated heterocycles. The Morgan fingerprint density at radius 3 is 2.40 bits per heavy atom. The fourth-order valence-corrected chi connectivity index (χ4v) is 3.39. The molecule has 1 aromatic carbocycles. The van der Waals surface area contributed by atoms with Crippen LogP contribution in [0.5, 0.6) is 0 Å². The molecule has 0 fully saturated rings. The van der Waals surface area contributed by atoms with Crippen molar-refractivity contribution < 1.29 is 0 Å². The van der Waals surface area contributed by atoms with Gasteiger partial charge in [-0.3, -0.25) is 4.98 Å². The average molecular weight is 327 g/mol. The first-order valence-corrected chi connectivity index (χ1v) is 8.91. The van der Waals surface area contributed by atoms with Crippen LogP contribution >= 0.6 is 0 Å². The molecule has 0 atom stereocenters. The number of nitriles is 1. The molecule has 0 spiro atoms. The monoisotopic (exact) mass is 327 g/mol. The third-order valence-corrected chi connectivity index (χ3v) is 4.69. The van der Waals surface area contributed by atoms with E-state index in [1.807, 2.05) is 30.5 Å². The second-order valence-electron chi connectivity index (χ2n) is 6.40. The summed E-state index contributed by atoms with van der Waals surface area (Å²) < 4.78 is 0. The van der Waals surface area contributed by atoms with E-state index in [1.165, 1.54) is 16.6 Å². The van der Waals surface area contributed by atoms with Crippen LogP contribution in [0.25, 0.3) is 5.57 Å². The normalized spacial score (nSPS) is 13.8. The topological polar surface area (TPSA) is 49.0 Å². The van der Waals surface area contributed by atoms with Gasteiger partial charge in [0.15, 0.2) is 0 Å². The molecule has 0 N–H and O–H groups in total. The quantitative estimate of drug-likeness (QED) is 0.780. The third-order valence-electron chi connectivity index (χ3n) is 4.69. The number of aromatic nitrogens is 1. The molecule has 0 aliphatic carbocycles. The van der Waals surface area contributed by atoms with Gasteiger partial charge in [0, 0.05) is 17.5 Å². The third kappa shape index (κ3) is 3.41. The van der Waals surface area contributed by atoms with Crippen LogP contribution in [-0.2, 0) is 6.42 Å². The largest absolute Gasteiger partial charge is 0.360 e. The maximum absolute atomic E-state index is 9.02. The van der Waals surface area contributed by atoms with E-state index in [-0.39, 0.29) is 6.85 Å². The Morgan fingerprint density at radius 2 is 1.84 bits per heavy atom. The molecule has 124 valence electrons. The van der Waals surface area contributed by atoms with Crippen LogP contribution in [0.2, 0.25) is 0 Å². The summed E-state index contributed by atoms with van der Waals surface area (Å²) in [5, 5.41) is 9.02. The van der Waals surface area contributed by atoms with E-state index < -0.39 is 0 Å². The van der Waals surface area contributed by atoms with Crippen molar-refractivity contribution in [1.82, 2.24) is 4.98 Å². The highest BCUT2D eigenvalue weighted by Crippen LogP contribution is 2.31. The number of nitrogens with zero attached hydrogens (tertiary/aromatic N) is 3. The zero-order valence-electron chi connectivity index (χ0n) is 15.1. The van der Waals surface area contributed by atoms with Crippen molar-refractivity contribution >= 4 is 23.7 Å². The molecule has 4 heteroatoms. The maximum Gasteiger partial charge on any atom is 0.360 e. The van der Waals surface area contributed by atoms with Gasteiger partial charge in [-0.2, -0.15) is 5.26 Å². The maximum atomic E-state index is 9.02. The minimum absolute atomic E-state index is 0.0106. The fourth-order valence-electron chi connectivity index (χ4n) is 3.39. The first kappa shape index (κ1) is 17.2. The zero-order valence-corrected chi connectivity index (χ0v) is 15.1. The molecular weight excluding hydrogens is 305 g/mol. The molecule has 3 nitrogen and oxygen atoms in total. The van der Waals surface area contributed by atoms with Gasteiger partial charge in [0.05, 0.1) is 11.6 Å². The van der Waals surface area contributed by atoms with Crippen LogP contribution < -0.4 is 5.59 Å². The summed E-state index contributed by atoms with van der Waals surface area (Å²) in [7, 11) is 0. The van der Waals surface area contributed by atoms with Crippen LogP contribution in [-0.4, -0.2) is 17.5 Å². The first-order valence-electron chi connectivity index (χ1n) is 8.91. The van der Waals surface area contributed by atoms with Crippen molar-refractivity contribution in [3.8, 4) is 6.07 Å². The van der Waals surface area contributed by atoms with Gasteiger partial charge in [0.1, 0.15) is 0 Å². The number of benzene rings is 1. The highest BCUT2D eigenvalue weighted by atomic mass is 14.7. The summed E-state index contributed by atoms with van der Waals surface area (Å²) >= 11 is 0. The summed E-state index contributed by atoms with van der Waals surface area (Å²) in [4.78, 5) is 9.60. The molecule has 3 rings (SSSR count). The predicted octanol–water partition coefficient (Wildman–Crippen LogP) is 3.98. The Morgan fingerprint density at radius 1 is 1.08 bits per heavy atom. The molecule has 0 bridgehead atoms. The summed E-state index contributed by atoms with van der Waals surface area (Å²) in [5.41, 5.74) is 7.69. The number of hydrogen-bond donors (Lipinski definition) is 0. The molecule has 0 unspecified atom stereocenters. The molecule has 0 amide bonds. The number of aryl methyl sites for hydroxylation is 1. The second kappa shape index (κ2) is 7.48. The van der Waals surface area contributed by atoms with E-state index in [2.05, 4.69) is 44.0 Å². The molecule has 0 saturated carbocycles. The van der Waals surface area contributed by atoms with Gasteiger partial charge < -0.3 is 4.90 Å². The van der Waals surface area contributed by atoms with Gasteiger partial charge in [0.25, 0.3) is 0 Å². The molecule has 0 radical (unpaired) electrons. The summed E-state index contributed by atoms with van der Waals surface area (Å²) in [5.74, 6) is 0. The lowest BCUT2D eigenvalue weighted by Crippen LogP contribution is -2.32. The van der Waals surface area contributed by atoms with E-state index in [4.69, 9.17) is 10.2 Å². The smallest absolute Gasteiger partial charge is 0.331 e. The summed E-state index contributed by atoms with van der Waals surface area (Å²) in [6.07, 6.45) is 5.03. The standard InChI is InChI=1S/C21H22BN3/c1-4-6-19-21(18-10-7-17(13-23)8-11-18)15(3)25-22(19)20-12-9-16(5-2)14-24-20/h7-12,14H,4-6H2,1-3H3.